The summed E-state index contributed by atoms with van der Waals surface area (Å²) in [4.78, 5) is 11.3. The molecule has 0 heterocycles. The third-order valence-corrected chi connectivity index (χ3v) is 2.00. The van der Waals surface area contributed by atoms with Crippen LogP contribution in [0.5, 0.6) is 0 Å². The molecular formula is C14H22ClNO2. The van der Waals surface area contributed by atoms with E-state index in [4.69, 9.17) is 16.3 Å². The molecule has 4 heteroatoms. The molecule has 0 unspecified atom stereocenters. The van der Waals surface area contributed by atoms with Gasteiger partial charge in [0, 0.05) is 11.6 Å². The van der Waals surface area contributed by atoms with Crippen molar-refractivity contribution in [3.8, 4) is 0 Å². The normalized spacial score (nSPS) is 10.1. The van der Waals surface area contributed by atoms with Crippen molar-refractivity contribution in [2.75, 3.05) is 0 Å². The van der Waals surface area contributed by atoms with Crippen LogP contribution in [0.2, 0.25) is 5.02 Å². The highest BCUT2D eigenvalue weighted by Gasteiger charge is 2.15. The minimum absolute atomic E-state index is 0.414. The number of benzene rings is 1. The van der Waals surface area contributed by atoms with Gasteiger partial charge in [0.2, 0.25) is 0 Å². The molecule has 1 aromatic carbocycles. The number of hydrogen-bond donors (Lipinski definition) is 1. The summed E-state index contributed by atoms with van der Waals surface area (Å²) in [7, 11) is 0. The van der Waals surface area contributed by atoms with Crippen LogP contribution < -0.4 is 5.32 Å². The molecule has 1 aromatic rings. The van der Waals surface area contributed by atoms with Crippen molar-refractivity contribution in [2.45, 2.75) is 46.8 Å². The quantitative estimate of drug-likeness (QED) is 0.866. The maximum atomic E-state index is 11.3. The van der Waals surface area contributed by atoms with Gasteiger partial charge in [0.25, 0.3) is 0 Å². The van der Waals surface area contributed by atoms with Gasteiger partial charge in [0.05, 0.1) is 0 Å². The van der Waals surface area contributed by atoms with Crippen LogP contribution in [0.3, 0.4) is 0 Å². The smallest absolute Gasteiger partial charge is 0.407 e. The molecule has 0 aliphatic heterocycles. The number of carbonyl (C=O) groups excluding carboxylic acids is 1. The van der Waals surface area contributed by atoms with E-state index in [9.17, 15) is 4.79 Å². The van der Waals surface area contributed by atoms with Gasteiger partial charge >= 0.3 is 6.09 Å². The molecule has 0 aliphatic carbocycles. The molecule has 0 saturated heterocycles. The lowest BCUT2D eigenvalue weighted by Gasteiger charge is -2.19. The molecular weight excluding hydrogens is 250 g/mol. The van der Waals surface area contributed by atoms with Crippen LogP contribution >= 0.6 is 11.6 Å². The predicted octanol–water partition coefficient (Wildman–Crippen LogP) is 4.39. The van der Waals surface area contributed by atoms with E-state index < -0.39 is 11.7 Å². The third kappa shape index (κ3) is 7.96. The Morgan fingerprint density at radius 1 is 1.22 bits per heavy atom. The maximum Gasteiger partial charge on any atom is 0.407 e. The minimum Gasteiger partial charge on any atom is -0.444 e. The van der Waals surface area contributed by atoms with Crippen LogP contribution in [0.15, 0.2) is 24.3 Å². The maximum absolute atomic E-state index is 11.3. The first kappa shape index (κ1) is 16.8. The van der Waals surface area contributed by atoms with E-state index in [2.05, 4.69) is 5.32 Å². The lowest BCUT2D eigenvalue weighted by atomic mass is 10.2. The van der Waals surface area contributed by atoms with Crippen molar-refractivity contribution in [1.82, 2.24) is 5.32 Å². The summed E-state index contributed by atoms with van der Waals surface area (Å²) in [6.45, 7) is 9.92. The van der Waals surface area contributed by atoms with Crippen LogP contribution in [0.1, 0.15) is 40.2 Å². The fourth-order valence-electron chi connectivity index (χ4n) is 1.09. The van der Waals surface area contributed by atoms with Gasteiger partial charge in [-0.25, -0.2) is 4.79 Å². The molecule has 0 bridgehead atoms. The Morgan fingerprint density at radius 3 is 2.17 bits per heavy atom. The zero-order valence-corrected chi connectivity index (χ0v) is 12.5. The molecule has 0 aromatic heterocycles. The van der Waals surface area contributed by atoms with Gasteiger partial charge in [-0.1, -0.05) is 37.6 Å². The lowest BCUT2D eigenvalue weighted by molar-refractivity contribution is 0.0523. The largest absolute Gasteiger partial charge is 0.444 e. The molecule has 102 valence electrons. The first-order valence-corrected chi connectivity index (χ1v) is 6.46. The summed E-state index contributed by atoms with van der Waals surface area (Å²) in [6, 6.07) is 7.29. The SMILES string of the molecule is CC.CC(C)(C)OC(=O)NCc1ccc(Cl)cc1. The molecule has 1 N–H and O–H groups in total. The molecule has 0 fully saturated rings. The number of halogens is 1. The molecule has 18 heavy (non-hydrogen) atoms. The number of amides is 1. The summed E-state index contributed by atoms with van der Waals surface area (Å²) >= 11 is 5.75. The third-order valence-electron chi connectivity index (χ3n) is 1.75. The number of alkyl carbamates (subject to hydrolysis) is 1. The summed E-state index contributed by atoms with van der Waals surface area (Å²) < 4.78 is 5.11. The molecule has 0 radical (unpaired) electrons. The van der Waals surface area contributed by atoms with Crippen molar-refractivity contribution >= 4 is 17.7 Å². The van der Waals surface area contributed by atoms with Crippen molar-refractivity contribution < 1.29 is 9.53 Å². The van der Waals surface area contributed by atoms with Gasteiger partial charge in [-0.2, -0.15) is 0 Å². The van der Waals surface area contributed by atoms with Crippen LogP contribution in [0.4, 0.5) is 4.79 Å². The van der Waals surface area contributed by atoms with E-state index in [0.29, 0.717) is 11.6 Å². The Balaban J connectivity index is 0.00000137. The zero-order chi connectivity index (χ0) is 14.2. The summed E-state index contributed by atoms with van der Waals surface area (Å²) in [5, 5.41) is 3.35. The molecule has 0 spiro atoms. The van der Waals surface area contributed by atoms with Gasteiger partial charge < -0.3 is 10.1 Å². The predicted molar refractivity (Wildman–Crippen MR) is 75.9 cm³/mol. The number of ether oxygens (including phenoxy) is 1. The first-order chi connectivity index (χ1) is 8.37. The van der Waals surface area contributed by atoms with E-state index in [1.54, 1.807) is 12.1 Å². The lowest BCUT2D eigenvalue weighted by Crippen LogP contribution is -2.32. The Hall–Kier alpha value is -1.22. The monoisotopic (exact) mass is 271 g/mol. The molecule has 3 nitrogen and oxygen atoms in total. The second kappa shape index (κ2) is 7.98. The van der Waals surface area contributed by atoms with Crippen molar-refractivity contribution in [1.29, 1.82) is 0 Å². The Bertz CT molecular complexity index is 355. The molecule has 0 atom stereocenters. The van der Waals surface area contributed by atoms with Gasteiger partial charge in [-0.05, 0) is 38.5 Å². The fraction of sp³-hybridized carbons (Fsp3) is 0.500. The summed E-state index contributed by atoms with van der Waals surface area (Å²) in [6.07, 6.45) is -0.414. The second-order valence-electron chi connectivity index (χ2n) is 4.48. The number of carbonyl (C=O) groups is 1. The highest BCUT2D eigenvalue weighted by molar-refractivity contribution is 6.30. The van der Waals surface area contributed by atoms with Gasteiger partial charge in [0.1, 0.15) is 5.60 Å². The van der Waals surface area contributed by atoms with E-state index in [0.717, 1.165) is 5.56 Å². The van der Waals surface area contributed by atoms with Crippen LogP contribution in [0.25, 0.3) is 0 Å². The molecule has 1 amide bonds. The van der Waals surface area contributed by atoms with E-state index >= 15 is 0 Å². The van der Waals surface area contributed by atoms with E-state index in [1.807, 2.05) is 46.8 Å². The number of nitrogens with one attached hydrogen (secondary N) is 1. The molecule has 0 saturated carbocycles. The average molecular weight is 272 g/mol. The Labute approximate surface area is 114 Å². The van der Waals surface area contributed by atoms with Crippen LogP contribution in [0, 0.1) is 0 Å². The highest BCUT2D eigenvalue weighted by Crippen LogP contribution is 2.10. The second-order valence-corrected chi connectivity index (χ2v) is 4.92. The van der Waals surface area contributed by atoms with Crippen molar-refractivity contribution in [3.05, 3.63) is 34.9 Å². The standard InChI is InChI=1S/C12H16ClNO2.C2H6/c1-12(2,3)16-11(15)14-8-9-4-6-10(13)7-5-9;1-2/h4-7H,8H2,1-3H3,(H,14,15);1-2H3. The van der Waals surface area contributed by atoms with Gasteiger partial charge in [-0.15, -0.1) is 0 Å². The fourth-order valence-corrected chi connectivity index (χ4v) is 1.22. The van der Waals surface area contributed by atoms with E-state index in [1.165, 1.54) is 0 Å². The van der Waals surface area contributed by atoms with Crippen molar-refractivity contribution in [2.24, 2.45) is 0 Å². The van der Waals surface area contributed by atoms with E-state index in [-0.39, 0.29) is 0 Å². The minimum atomic E-state index is -0.468. The Morgan fingerprint density at radius 2 is 1.72 bits per heavy atom. The first-order valence-electron chi connectivity index (χ1n) is 6.08. The Kier molecular flexibility index (Phi) is 7.44. The van der Waals surface area contributed by atoms with Crippen LogP contribution in [-0.2, 0) is 11.3 Å². The number of hydrogen-bond acceptors (Lipinski definition) is 2. The van der Waals surface area contributed by atoms with Crippen LogP contribution in [-0.4, -0.2) is 11.7 Å². The topological polar surface area (TPSA) is 38.3 Å². The molecule has 0 aliphatic rings. The van der Waals surface area contributed by atoms with Gasteiger partial charge in [0.15, 0.2) is 0 Å². The van der Waals surface area contributed by atoms with Gasteiger partial charge in [-0.3, -0.25) is 0 Å². The van der Waals surface area contributed by atoms with Crippen molar-refractivity contribution in [3.63, 3.8) is 0 Å². The summed E-state index contributed by atoms with van der Waals surface area (Å²) in [5.41, 5.74) is 0.514. The average Bonchev–Trinajstić information content (AvgIpc) is 2.29. The summed E-state index contributed by atoms with van der Waals surface area (Å²) in [5.74, 6) is 0. The molecule has 1 rings (SSSR count). The zero-order valence-electron chi connectivity index (χ0n) is 11.7. The number of rotatable bonds is 2. The highest BCUT2D eigenvalue weighted by atomic mass is 35.5.